The number of halogens is 10. The average Bonchev–Trinajstić information content (AvgIpc) is 3.27. The van der Waals surface area contributed by atoms with Gasteiger partial charge in [-0.05, 0) is 18.9 Å². The molecule has 2 aromatic rings. The molecule has 19 heteroatoms. The molecule has 210 valence electrons. The first kappa shape index (κ1) is 29.6. The second-order valence-electron chi connectivity index (χ2n) is 7.55. The Balaban J connectivity index is 1.93. The molecular weight excluding hydrogens is 585 g/mol. The molecule has 8 nitrogen and oxygen atoms in total. The van der Waals surface area contributed by atoms with Crippen LogP contribution in [-0.2, 0) is 9.47 Å². The maximum absolute atomic E-state index is 13.8. The van der Waals surface area contributed by atoms with Crippen LogP contribution >= 0.6 is 22.9 Å². The Bertz CT molecular complexity index is 1250. The second-order valence-corrected chi connectivity index (χ2v) is 9.20. The summed E-state index contributed by atoms with van der Waals surface area (Å²) in [5, 5.41) is 6.39. The van der Waals surface area contributed by atoms with E-state index in [2.05, 4.69) is 24.9 Å². The summed E-state index contributed by atoms with van der Waals surface area (Å²) in [6, 6.07) is 1.38. The van der Waals surface area contributed by atoms with Crippen LogP contribution in [0.4, 0.5) is 39.5 Å². The van der Waals surface area contributed by atoms with Crippen molar-refractivity contribution in [3.63, 3.8) is 0 Å². The fourth-order valence-corrected chi connectivity index (χ4v) is 4.10. The van der Waals surface area contributed by atoms with Crippen molar-refractivity contribution in [2.45, 2.75) is 43.9 Å². The molecule has 0 radical (unpaired) electrons. The summed E-state index contributed by atoms with van der Waals surface area (Å²) < 4.78 is 125. The molecule has 1 atom stereocenters. The highest BCUT2D eigenvalue weighted by Crippen LogP contribution is 2.37. The van der Waals surface area contributed by atoms with Gasteiger partial charge in [0.15, 0.2) is 11.4 Å². The molecule has 2 heterocycles. The number of hydrogen-bond acceptors (Lipinski definition) is 7. The molecule has 1 saturated carbocycles. The van der Waals surface area contributed by atoms with Gasteiger partial charge in [0.25, 0.3) is 5.91 Å². The maximum atomic E-state index is 13.8. The second kappa shape index (κ2) is 10.6. The smallest absolute Gasteiger partial charge is 0.412 e. The van der Waals surface area contributed by atoms with E-state index < -0.39 is 48.2 Å². The normalized spacial score (nSPS) is 16.8. The molecule has 0 saturated heterocycles. The van der Waals surface area contributed by atoms with Crippen molar-refractivity contribution in [3.8, 4) is 10.4 Å². The van der Waals surface area contributed by atoms with Gasteiger partial charge < -0.3 is 15.8 Å². The third-order valence-corrected chi connectivity index (χ3v) is 6.05. The summed E-state index contributed by atoms with van der Waals surface area (Å²) in [6.45, 7) is 0. The Labute approximate surface area is 215 Å². The van der Waals surface area contributed by atoms with Gasteiger partial charge >= 0.3 is 25.0 Å². The molecule has 38 heavy (non-hydrogen) atoms. The number of alkyl halides is 9. The first-order chi connectivity index (χ1) is 17.4. The van der Waals surface area contributed by atoms with E-state index in [1.807, 2.05) is 0 Å². The largest absolute Gasteiger partial charge is 0.525 e. The van der Waals surface area contributed by atoms with Gasteiger partial charge in [-0.2, -0.15) is 27.1 Å². The van der Waals surface area contributed by atoms with E-state index in [0.717, 1.165) is 43.6 Å². The lowest BCUT2D eigenvalue weighted by Crippen LogP contribution is -2.41. The number of allylic oxidation sites excluding steroid dienone is 1. The minimum Gasteiger partial charge on any atom is -0.412 e. The first-order valence-corrected chi connectivity index (χ1v) is 11.3. The van der Waals surface area contributed by atoms with Crippen LogP contribution in [-0.4, -0.2) is 59.6 Å². The van der Waals surface area contributed by atoms with Crippen molar-refractivity contribution in [1.29, 1.82) is 0 Å². The number of nitrogens with zero attached hydrogens (tertiary/aromatic N) is 3. The van der Waals surface area contributed by atoms with Crippen molar-refractivity contribution in [3.05, 3.63) is 39.8 Å². The third-order valence-electron chi connectivity index (χ3n) is 4.64. The Hall–Kier alpha value is -2.99. The van der Waals surface area contributed by atoms with Gasteiger partial charge in [0.2, 0.25) is 5.88 Å². The number of rotatable bonds is 8. The van der Waals surface area contributed by atoms with Crippen LogP contribution in [0, 0.1) is 0 Å². The lowest BCUT2D eigenvalue weighted by atomic mass is 10.2. The van der Waals surface area contributed by atoms with E-state index in [1.165, 1.54) is 6.07 Å². The number of aliphatic imine (C=N–C) groups is 1. The zero-order valence-corrected chi connectivity index (χ0v) is 20.2. The monoisotopic (exact) mass is 599 g/mol. The highest BCUT2D eigenvalue weighted by Gasteiger charge is 2.52. The van der Waals surface area contributed by atoms with Crippen LogP contribution < -0.4 is 11.1 Å². The number of carbonyl (C=O) groups is 1. The van der Waals surface area contributed by atoms with Gasteiger partial charge in [-0.3, -0.25) is 9.79 Å². The molecule has 1 fully saturated rings. The number of thiophene rings is 1. The number of hydrogen-bond donors (Lipinski definition) is 2. The summed E-state index contributed by atoms with van der Waals surface area (Å²) in [5.41, 5.74) is 3.02. The van der Waals surface area contributed by atoms with Crippen LogP contribution in [0.3, 0.4) is 0 Å². The summed E-state index contributed by atoms with van der Waals surface area (Å²) in [6.07, 6.45) is -18.0. The van der Waals surface area contributed by atoms with Gasteiger partial charge in [-0.1, -0.05) is 11.6 Å². The molecular formula is C19H15ClF9N5O3S. The van der Waals surface area contributed by atoms with Crippen LogP contribution in [0.15, 0.2) is 34.9 Å². The number of aromatic nitrogens is 2. The highest BCUT2D eigenvalue weighted by atomic mass is 35.5. The molecule has 0 aliphatic heterocycles. The minimum absolute atomic E-state index is 0.0216. The average molecular weight is 600 g/mol. The SMILES string of the molecule is CN=C(C(=C(N)OC(F)(F)C(F)OC(F)(F)F)C(F)(F)F)n1cc(-c2cc(C(=O)NC3CC3)c(Cl)s2)cn1. The quantitative estimate of drug-likeness (QED) is 0.188. The summed E-state index contributed by atoms with van der Waals surface area (Å²) in [4.78, 5) is 15.9. The molecule has 3 rings (SSSR count). The topological polar surface area (TPSA) is 104 Å². The minimum atomic E-state index is -5.90. The predicted molar refractivity (Wildman–Crippen MR) is 115 cm³/mol. The first-order valence-electron chi connectivity index (χ1n) is 10.1. The number of nitrogens with one attached hydrogen (secondary N) is 1. The van der Waals surface area contributed by atoms with Gasteiger partial charge in [0, 0.05) is 29.7 Å². The van der Waals surface area contributed by atoms with Crippen LogP contribution in [0.1, 0.15) is 23.2 Å². The van der Waals surface area contributed by atoms with E-state index in [-0.39, 0.29) is 26.4 Å². The summed E-state index contributed by atoms with van der Waals surface area (Å²) >= 11 is 7.00. The lowest BCUT2D eigenvalue weighted by Gasteiger charge is -2.24. The van der Waals surface area contributed by atoms with Gasteiger partial charge in [0.05, 0.1) is 11.8 Å². The van der Waals surface area contributed by atoms with Gasteiger partial charge in [-0.25, -0.2) is 13.8 Å². The lowest BCUT2D eigenvalue weighted by molar-refractivity contribution is -0.418. The fourth-order valence-electron chi connectivity index (χ4n) is 2.86. The molecule has 0 spiro atoms. The molecule has 2 aromatic heterocycles. The van der Waals surface area contributed by atoms with E-state index in [4.69, 9.17) is 17.3 Å². The van der Waals surface area contributed by atoms with Crippen molar-refractivity contribution in [1.82, 2.24) is 15.1 Å². The Morgan fingerprint density at radius 1 is 1.26 bits per heavy atom. The van der Waals surface area contributed by atoms with Crippen molar-refractivity contribution in [2.24, 2.45) is 10.7 Å². The molecule has 1 aliphatic rings. The van der Waals surface area contributed by atoms with E-state index in [1.54, 1.807) is 0 Å². The third kappa shape index (κ3) is 7.10. The van der Waals surface area contributed by atoms with E-state index in [9.17, 15) is 44.3 Å². The molecule has 1 amide bonds. The molecule has 1 aliphatic carbocycles. The Kier molecular flexibility index (Phi) is 8.28. The Morgan fingerprint density at radius 2 is 1.89 bits per heavy atom. The molecule has 0 bridgehead atoms. The van der Waals surface area contributed by atoms with Crippen molar-refractivity contribution in [2.75, 3.05) is 7.05 Å². The predicted octanol–water partition coefficient (Wildman–Crippen LogP) is 5.21. The maximum Gasteiger partial charge on any atom is 0.525 e. The van der Waals surface area contributed by atoms with Crippen molar-refractivity contribution >= 4 is 34.7 Å². The number of nitrogens with two attached hydrogens (primary N) is 1. The Morgan fingerprint density at radius 3 is 2.42 bits per heavy atom. The number of carbonyl (C=O) groups excluding carboxylic acids is 1. The number of ether oxygens (including phenoxy) is 2. The zero-order valence-electron chi connectivity index (χ0n) is 18.6. The standard InChI is InChI=1S/C19H15ClF9N5O3S/c1-31-14(11(17(22,23)24)13(30)36-18(25,26)16(21)37-19(27,28)29)34-6-7(5-32-34)10-4-9(12(20)38-10)15(35)33-8-2-3-8/h4-6,8,16H,2-3,30H2,1H3,(H,33,35). The highest BCUT2D eigenvalue weighted by molar-refractivity contribution is 7.19. The van der Waals surface area contributed by atoms with E-state index >= 15 is 0 Å². The zero-order chi connectivity index (χ0) is 28.6. The molecule has 1 unspecified atom stereocenters. The van der Waals surface area contributed by atoms with Crippen LogP contribution in [0.2, 0.25) is 4.34 Å². The van der Waals surface area contributed by atoms with Crippen LogP contribution in [0.5, 0.6) is 0 Å². The summed E-state index contributed by atoms with van der Waals surface area (Å²) in [5.74, 6) is -3.91. The fraction of sp³-hybridized carbons (Fsp3) is 0.421. The van der Waals surface area contributed by atoms with Gasteiger partial charge in [0.1, 0.15) is 4.34 Å². The molecule has 3 N–H and O–H groups in total. The van der Waals surface area contributed by atoms with E-state index in [0.29, 0.717) is 4.68 Å². The molecule has 0 aromatic carbocycles. The number of amides is 1. The summed E-state index contributed by atoms with van der Waals surface area (Å²) in [7, 11) is 0.793. The van der Waals surface area contributed by atoms with Gasteiger partial charge in [-0.15, -0.1) is 24.5 Å². The van der Waals surface area contributed by atoms with Crippen molar-refractivity contribution < 1.29 is 53.8 Å². The van der Waals surface area contributed by atoms with Crippen LogP contribution in [0.25, 0.3) is 10.4 Å².